The average Bonchev–Trinajstić information content (AvgIpc) is 2.85. The van der Waals surface area contributed by atoms with E-state index >= 15 is 0 Å². The number of nitrogens with zero attached hydrogens (tertiary/aromatic N) is 2. The van der Waals surface area contributed by atoms with Gasteiger partial charge in [-0.15, -0.1) is 0 Å². The molecule has 0 saturated carbocycles. The number of rotatable bonds is 6. The SMILES string of the molecule is COc1cccc(N2CCN(C(=O)c3ccc(S(=O)(=O)Nc4ccccc4C)cc3)CC2)c1. The van der Waals surface area contributed by atoms with Gasteiger partial charge in [0, 0.05) is 43.5 Å². The lowest BCUT2D eigenvalue weighted by Gasteiger charge is -2.36. The number of ether oxygens (including phenoxy) is 1. The highest BCUT2D eigenvalue weighted by Gasteiger charge is 2.23. The van der Waals surface area contributed by atoms with Gasteiger partial charge in [-0.05, 0) is 55.0 Å². The van der Waals surface area contributed by atoms with Crippen LogP contribution in [0.1, 0.15) is 15.9 Å². The molecule has 3 aromatic carbocycles. The van der Waals surface area contributed by atoms with Crippen molar-refractivity contribution in [3.63, 3.8) is 0 Å². The third-order valence-corrected chi connectivity index (χ3v) is 7.17. The van der Waals surface area contributed by atoms with Crippen LogP contribution in [0.3, 0.4) is 0 Å². The van der Waals surface area contributed by atoms with Gasteiger partial charge in [-0.2, -0.15) is 0 Å². The molecular formula is C25H27N3O4S. The van der Waals surface area contributed by atoms with Gasteiger partial charge in [-0.3, -0.25) is 9.52 Å². The molecule has 1 amide bonds. The van der Waals surface area contributed by atoms with Gasteiger partial charge in [0.05, 0.1) is 17.7 Å². The predicted octanol–water partition coefficient (Wildman–Crippen LogP) is 3.77. The summed E-state index contributed by atoms with van der Waals surface area (Å²) in [6, 6.07) is 21.2. The molecule has 0 bridgehead atoms. The Balaban J connectivity index is 1.40. The highest BCUT2D eigenvalue weighted by molar-refractivity contribution is 7.92. The maximum Gasteiger partial charge on any atom is 0.261 e. The summed E-state index contributed by atoms with van der Waals surface area (Å²) in [6.07, 6.45) is 0. The largest absolute Gasteiger partial charge is 0.497 e. The Kier molecular flexibility index (Phi) is 6.55. The fourth-order valence-electron chi connectivity index (χ4n) is 3.83. The molecule has 0 aromatic heterocycles. The number of carbonyl (C=O) groups excluding carboxylic acids is 1. The molecule has 1 N–H and O–H groups in total. The number of carbonyl (C=O) groups is 1. The van der Waals surface area contributed by atoms with Gasteiger partial charge in [-0.25, -0.2) is 8.42 Å². The summed E-state index contributed by atoms with van der Waals surface area (Å²) >= 11 is 0. The third-order valence-electron chi connectivity index (χ3n) is 5.79. The van der Waals surface area contributed by atoms with E-state index in [2.05, 4.69) is 9.62 Å². The minimum atomic E-state index is -3.74. The lowest BCUT2D eigenvalue weighted by Crippen LogP contribution is -2.48. The number of piperazine rings is 1. The number of amides is 1. The molecule has 0 spiro atoms. The smallest absolute Gasteiger partial charge is 0.261 e. The Morgan fingerprint density at radius 3 is 2.27 bits per heavy atom. The van der Waals surface area contributed by atoms with Crippen molar-refractivity contribution in [3.8, 4) is 5.75 Å². The fraction of sp³-hybridized carbons (Fsp3) is 0.240. The second-order valence-corrected chi connectivity index (χ2v) is 9.61. The summed E-state index contributed by atoms with van der Waals surface area (Å²) in [5, 5.41) is 0. The quantitative estimate of drug-likeness (QED) is 0.600. The molecule has 1 fully saturated rings. The van der Waals surface area contributed by atoms with Crippen LogP contribution in [0.25, 0.3) is 0 Å². The minimum absolute atomic E-state index is 0.101. The molecule has 0 atom stereocenters. The van der Waals surface area contributed by atoms with Crippen molar-refractivity contribution >= 4 is 27.3 Å². The van der Waals surface area contributed by atoms with E-state index in [1.54, 1.807) is 36.3 Å². The second kappa shape index (κ2) is 9.54. The van der Waals surface area contributed by atoms with Crippen LogP contribution in [-0.2, 0) is 10.0 Å². The standard InChI is InChI=1S/C25H27N3O4S/c1-19-6-3-4-9-24(19)26-33(30,31)23-12-10-20(11-13-23)25(29)28-16-14-27(15-17-28)21-7-5-8-22(18-21)32-2/h3-13,18,26H,14-17H2,1-2H3. The van der Waals surface area contributed by atoms with Crippen LogP contribution in [0.15, 0.2) is 77.7 Å². The van der Waals surface area contributed by atoms with Crippen LogP contribution in [0.4, 0.5) is 11.4 Å². The number of sulfonamides is 1. The molecule has 172 valence electrons. The Hall–Kier alpha value is -3.52. The van der Waals surface area contributed by atoms with Gasteiger partial charge >= 0.3 is 0 Å². The highest BCUT2D eigenvalue weighted by atomic mass is 32.2. The zero-order valence-electron chi connectivity index (χ0n) is 18.7. The van der Waals surface area contributed by atoms with Crippen molar-refractivity contribution in [3.05, 3.63) is 83.9 Å². The van der Waals surface area contributed by atoms with Gasteiger partial charge in [0.2, 0.25) is 0 Å². The van der Waals surface area contributed by atoms with Crippen LogP contribution in [0.5, 0.6) is 5.75 Å². The van der Waals surface area contributed by atoms with Crippen molar-refractivity contribution in [2.24, 2.45) is 0 Å². The molecular weight excluding hydrogens is 438 g/mol. The molecule has 3 aromatic rings. The van der Waals surface area contributed by atoms with Crippen molar-refractivity contribution in [1.29, 1.82) is 0 Å². The summed E-state index contributed by atoms with van der Waals surface area (Å²) in [4.78, 5) is 17.1. The van der Waals surface area contributed by atoms with Gasteiger partial charge in [0.15, 0.2) is 0 Å². The molecule has 8 heteroatoms. The number of benzene rings is 3. The predicted molar refractivity (Wildman–Crippen MR) is 130 cm³/mol. The van der Waals surface area contributed by atoms with Gasteiger partial charge in [-0.1, -0.05) is 24.3 Å². The minimum Gasteiger partial charge on any atom is -0.497 e. The maximum absolute atomic E-state index is 13.0. The van der Waals surface area contributed by atoms with Crippen LogP contribution in [0.2, 0.25) is 0 Å². The van der Waals surface area contributed by atoms with Gasteiger partial charge in [0.25, 0.3) is 15.9 Å². The van der Waals surface area contributed by atoms with Gasteiger partial charge in [0.1, 0.15) is 5.75 Å². The number of nitrogens with one attached hydrogen (secondary N) is 1. The van der Waals surface area contributed by atoms with E-state index in [1.807, 2.05) is 43.3 Å². The summed E-state index contributed by atoms with van der Waals surface area (Å²) in [5.41, 5.74) is 2.91. The molecule has 33 heavy (non-hydrogen) atoms. The van der Waals surface area contributed by atoms with E-state index in [0.29, 0.717) is 37.4 Å². The van der Waals surface area contributed by atoms with E-state index in [9.17, 15) is 13.2 Å². The average molecular weight is 466 g/mol. The molecule has 7 nitrogen and oxygen atoms in total. The van der Waals surface area contributed by atoms with E-state index in [-0.39, 0.29) is 10.8 Å². The summed E-state index contributed by atoms with van der Waals surface area (Å²) in [7, 11) is -2.09. The molecule has 1 saturated heterocycles. The van der Waals surface area contributed by atoms with E-state index in [0.717, 1.165) is 17.0 Å². The zero-order valence-corrected chi connectivity index (χ0v) is 19.5. The Morgan fingerprint density at radius 2 is 1.61 bits per heavy atom. The van der Waals surface area contributed by atoms with Gasteiger partial charge < -0.3 is 14.5 Å². The van der Waals surface area contributed by atoms with E-state index in [1.165, 1.54) is 12.1 Å². The maximum atomic E-state index is 13.0. The summed E-state index contributed by atoms with van der Waals surface area (Å²) in [5.74, 6) is 0.703. The Morgan fingerprint density at radius 1 is 0.909 bits per heavy atom. The number of methoxy groups -OCH3 is 1. The van der Waals surface area contributed by atoms with Crippen molar-refractivity contribution in [2.75, 3.05) is 42.9 Å². The van der Waals surface area contributed by atoms with E-state index in [4.69, 9.17) is 4.74 Å². The van der Waals surface area contributed by atoms with Crippen LogP contribution in [0, 0.1) is 6.92 Å². The lowest BCUT2D eigenvalue weighted by atomic mass is 10.1. The summed E-state index contributed by atoms with van der Waals surface area (Å²) in [6.45, 7) is 4.45. The topological polar surface area (TPSA) is 79.0 Å². The monoisotopic (exact) mass is 465 g/mol. The van der Waals surface area contributed by atoms with Crippen molar-refractivity contribution < 1.29 is 17.9 Å². The fourth-order valence-corrected chi connectivity index (χ4v) is 4.96. The first-order valence-electron chi connectivity index (χ1n) is 10.7. The molecule has 1 aliphatic rings. The summed E-state index contributed by atoms with van der Waals surface area (Å²) < 4.78 is 33.4. The van der Waals surface area contributed by atoms with E-state index < -0.39 is 10.0 Å². The second-order valence-electron chi connectivity index (χ2n) is 7.93. The molecule has 0 aliphatic carbocycles. The van der Waals surface area contributed by atoms with Crippen LogP contribution < -0.4 is 14.4 Å². The molecule has 1 heterocycles. The molecule has 1 aliphatic heterocycles. The third kappa shape index (κ3) is 5.12. The first-order valence-corrected chi connectivity index (χ1v) is 12.2. The lowest BCUT2D eigenvalue weighted by molar-refractivity contribution is 0.0746. The zero-order chi connectivity index (χ0) is 23.4. The first-order chi connectivity index (χ1) is 15.9. The van der Waals surface area contributed by atoms with Crippen LogP contribution in [-0.4, -0.2) is 52.5 Å². The number of hydrogen-bond acceptors (Lipinski definition) is 5. The molecule has 4 rings (SSSR count). The van der Waals surface area contributed by atoms with Crippen molar-refractivity contribution in [1.82, 2.24) is 4.90 Å². The molecule has 0 unspecified atom stereocenters. The van der Waals surface area contributed by atoms with Crippen molar-refractivity contribution in [2.45, 2.75) is 11.8 Å². The number of hydrogen-bond donors (Lipinski definition) is 1. The highest BCUT2D eigenvalue weighted by Crippen LogP contribution is 2.23. The normalized spacial score (nSPS) is 14.1. The first kappa shape index (κ1) is 22.7. The number of anilines is 2. The Labute approximate surface area is 194 Å². The molecule has 0 radical (unpaired) electrons. The van der Waals surface area contributed by atoms with Crippen LogP contribution >= 0.6 is 0 Å². The number of para-hydroxylation sites is 1. The number of aryl methyl sites for hydroxylation is 1. The Bertz CT molecular complexity index is 1230.